The Kier molecular flexibility index (Phi) is 6.84. The third-order valence-electron chi connectivity index (χ3n) is 3.49. The molecule has 1 fully saturated rings. The molecule has 0 aromatic heterocycles. The maximum atomic E-state index is 13.2. The first kappa shape index (κ1) is 20.6. The summed E-state index contributed by atoms with van der Waals surface area (Å²) in [6.45, 7) is 6.60. The molecule has 0 atom stereocenters. The van der Waals surface area contributed by atoms with Crippen molar-refractivity contribution in [3.8, 4) is 0 Å². The highest BCUT2D eigenvalue weighted by atomic mass is 35.5. The van der Waals surface area contributed by atoms with E-state index in [0.29, 0.717) is 32.7 Å². The summed E-state index contributed by atoms with van der Waals surface area (Å²) < 4.78 is 39.7. The molecule has 0 radical (unpaired) electrons. The van der Waals surface area contributed by atoms with Crippen molar-refractivity contribution in [2.45, 2.75) is 24.3 Å². The fourth-order valence-corrected chi connectivity index (χ4v) is 4.18. The molecular weight excluding hydrogens is 364 g/mol. The SMILES string of the molecule is CC(C)(N)CN1CCN(S(=O)(=O)c2ccc(F)c(Cl)c2)CC1.Cl. The summed E-state index contributed by atoms with van der Waals surface area (Å²) in [7, 11) is -3.64. The van der Waals surface area contributed by atoms with Crippen LogP contribution in [-0.2, 0) is 10.0 Å². The number of halogens is 3. The van der Waals surface area contributed by atoms with Gasteiger partial charge in [-0.25, -0.2) is 12.8 Å². The lowest BCUT2D eigenvalue weighted by Crippen LogP contribution is -2.53. The predicted molar refractivity (Wildman–Crippen MR) is 92.1 cm³/mol. The summed E-state index contributed by atoms with van der Waals surface area (Å²) >= 11 is 5.67. The highest BCUT2D eigenvalue weighted by molar-refractivity contribution is 7.89. The van der Waals surface area contributed by atoms with Crippen LogP contribution in [0.3, 0.4) is 0 Å². The molecule has 132 valence electrons. The second-order valence-electron chi connectivity index (χ2n) is 6.24. The molecule has 1 heterocycles. The Morgan fingerprint density at radius 1 is 1.26 bits per heavy atom. The number of hydrogen-bond donors (Lipinski definition) is 1. The van der Waals surface area contributed by atoms with Crippen molar-refractivity contribution < 1.29 is 12.8 Å². The van der Waals surface area contributed by atoms with Crippen LogP contribution in [0.5, 0.6) is 0 Å². The van der Waals surface area contributed by atoms with Gasteiger partial charge < -0.3 is 5.73 Å². The molecule has 1 aliphatic rings. The summed E-state index contributed by atoms with van der Waals surface area (Å²) in [5.74, 6) is -0.629. The van der Waals surface area contributed by atoms with Gasteiger partial charge in [-0.3, -0.25) is 4.90 Å². The first-order chi connectivity index (χ1) is 10.1. The van der Waals surface area contributed by atoms with Crippen molar-refractivity contribution in [2.24, 2.45) is 5.73 Å². The van der Waals surface area contributed by atoms with Crippen LogP contribution in [0.2, 0.25) is 5.02 Å². The fourth-order valence-electron chi connectivity index (χ4n) is 2.49. The second kappa shape index (κ2) is 7.63. The van der Waals surface area contributed by atoms with Gasteiger partial charge in [-0.2, -0.15) is 4.31 Å². The number of hydrogen-bond acceptors (Lipinski definition) is 4. The lowest BCUT2D eigenvalue weighted by atomic mass is 10.1. The van der Waals surface area contributed by atoms with Crippen molar-refractivity contribution in [1.29, 1.82) is 0 Å². The smallest absolute Gasteiger partial charge is 0.243 e. The molecule has 0 saturated carbocycles. The zero-order valence-corrected chi connectivity index (χ0v) is 15.5. The molecule has 1 aromatic carbocycles. The molecule has 2 rings (SSSR count). The van der Waals surface area contributed by atoms with Crippen LogP contribution in [0.1, 0.15) is 13.8 Å². The quantitative estimate of drug-likeness (QED) is 0.859. The van der Waals surface area contributed by atoms with Crippen LogP contribution < -0.4 is 5.73 Å². The van der Waals surface area contributed by atoms with E-state index in [-0.39, 0.29) is 27.9 Å². The zero-order chi connectivity index (χ0) is 16.5. The maximum absolute atomic E-state index is 13.2. The molecule has 5 nitrogen and oxygen atoms in total. The van der Waals surface area contributed by atoms with E-state index in [2.05, 4.69) is 4.90 Å². The average Bonchev–Trinajstić information content (AvgIpc) is 2.40. The molecule has 0 unspecified atom stereocenters. The molecule has 9 heteroatoms. The Labute approximate surface area is 148 Å². The standard InChI is InChI=1S/C14H21ClFN3O2S.ClH/c1-14(2,17)10-18-5-7-19(8-6-18)22(20,21)11-3-4-13(16)12(15)9-11;/h3-4,9H,5-8,10,17H2,1-2H3;1H. The van der Waals surface area contributed by atoms with Crippen molar-refractivity contribution in [2.75, 3.05) is 32.7 Å². The molecule has 23 heavy (non-hydrogen) atoms. The summed E-state index contributed by atoms with van der Waals surface area (Å²) in [4.78, 5) is 2.16. The van der Waals surface area contributed by atoms with Crippen LogP contribution in [0, 0.1) is 5.82 Å². The largest absolute Gasteiger partial charge is 0.324 e. The molecule has 0 amide bonds. The van der Waals surface area contributed by atoms with Gasteiger partial charge in [0.25, 0.3) is 0 Å². The number of piperazine rings is 1. The minimum Gasteiger partial charge on any atom is -0.324 e. The Morgan fingerprint density at radius 2 is 1.83 bits per heavy atom. The minimum absolute atomic E-state index is 0. The maximum Gasteiger partial charge on any atom is 0.243 e. The van der Waals surface area contributed by atoms with E-state index in [0.717, 1.165) is 12.1 Å². The van der Waals surface area contributed by atoms with Crippen LogP contribution in [0.4, 0.5) is 4.39 Å². The minimum atomic E-state index is -3.64. The Hall–Kier alpha value is -0.440. The number of rotatable bonds is 4. The summed E-state index contributed by atoms with van der Waals surface area (Å²) in [6.07, 6.45) is 0. The Bertz CT molecular complexity index is 642. The Morgan fingerprint density at radius 3 is 2.30 bits per heavy atom. The van der Waals surface area contributed by atoms with Gasteiger partial charge in [0.05, 0.1) is 9.92 Å². The fraction of sp³-hybridized carbons (Fsp3) is 0.571. The van der Waals surface area contributed by atoms with Gasteiger partial charge >= 0.3 is 0 Å². The van der Waals surface area contributed by atoms with E-state index in [9.17, 15) is 12.8 Å². The molecule has 2 N–H and O–H groups in total. The molecule has 0 aliphatic carbocycles. The van der Waals surface area contributed by atoms with E-state index in [4.69, 9.17) is 17.3 Å². The van der Waals surface area contributed by atoms with Gasteiger partial charge in [-0.05, 0) is 32.0 Å². The van der Waals surface area contributed by atoms with Crippen molar-refractivity contribution >= 4 is 34.0 Å². The lowest BCUT2D eigenvalue weighted by Gasteiger charge is -2.37. The third kappa shape index (κ3) is 5.27. The molecule has 1 saturated heterocycles. The van der Waals surface area contributed by atoms with Crippen molar-refractivity contribution in [3.63, 3.8) is 0 Å². The molecule has 1 aliphatic heterocycles. The summed E-state index contributed by atoms with van der Waals surface area (Å²) in [5, 5.41) is -0.190. The van der Waals surface area contributed by atoms with E-state index in [1.807, 2.05) is 13.8 Å². The van der Waals surface area contributed by atoms with Crippen molar-refractivity contribution in [3.05, 3.63) is 29.0 Å². The normalized spacial score (nSPS) is 17.8. The number of nitrogens with zero attached hydrogens (tertiary/aromatic N) is 2. The van der Waals surface area contributed by atoms with Crippen LogP contribution in [-0.4, -0.2) is 55.9 Å². The lowest BCUT2D eigenvalue weighted by molar-refractivity contribution is 0.162. The second-order valence-corrected chi connectivity index (χ2v) is 8.59. The number of nitrogens with two attached hydrogens (primary N) is 1. The highest BCUT2D eigenvalue weighted by Crippen LogP contribution is 2.23. The molecule has 1 aromatic rings. The van der Waals surface area contributed by atoms with Gasteiger partial charge in [0.2, 0.25) is 10.0 Å². The highest BCUT2D eigenvalue weighted by Gasteiger charge is 2.30. The first-order valence-corrected chi connectivity index (χ1v) is 8.88. The third-order valence-corrected chi connectivity index (χ3v) is 5.68. The predicted octanol–water partition coefficient (Wildman–Crippen LogP) is 1.94. The van der Waals surface area contributed by atoms with Crippen LogP contribution >= 0.6 is 24.0 Å². The first-order valence-electron chi connectivity index (χ1n) is 7.06. The van der Waals surface area contributed by atoms with E-state index in [1.54, 1.807) is 0 Å². The van der Waals surface area contributed by atoms with Gasteiger partial charge in [-0.1, -0.05) is 11.6 Å². The molecule has 0 bridgehead atoms. The number of sulfonamides is 1. The van der Waals surface area contributed by atoms with E-state index in [1.165, 1.54) is 10.4 Å². The van der Waals surface area contributed by atoms with E-state index >= 15 is 0 Å². The summed E-state index contributed by atoms with van der Waals surface area (Å²) in [6, 6.07) is 3.47. The van der Waals surface area contributed by atoms with Gasteiger partial charge in [0, 0.05) is 38.3 Å². The topological polar surface area (TPSA) is 66.6 Å². The van der Waals surface area contributed by atoms with E-state index < -0.39 is 15.8 Å². The van der Waals surface area contributed by atoms with Crippen LogP contribution in [0.25, 0.3) is 0 Å². The van der Waals surface area contributed by atoms with Gasteiger partial charge in [-0.15, -0.1) is 12.4 Å². The average molecular weight is 386 g/mol. The van der Waals surface area contributed by atoms with Gasteiger partial charge in [0.15, 0.2) is 0 Å². The van der Waals surface area contributed by atoms with Crippen molar-refractivity contribution in [1.82, 2.24) is 9.21 Å². The molecular formula is C14H22Cl2FN3O2S. The molecule has 0 spiro atoms. The zero-order valence-electron chi connectivity index (χ0n) is 13.1. The summed E-state index contributed by atoms with van der Waals surface area (Å²) in [5.41, 5.74) is 5.67. The monoisotopic (exact) mass is 385 g/mol. The number of benzene rings is 1. The Balaban J connectivity index is 0.00000264. The van der Waals surface area contributed by atoms with Gasteiger partial charge in [0.1, 0.15) is 5.82 Å². The van der Waals surface area contributed by atoms with Crippen LogP contribution in [0.15, 0.2) is 23.1 Å².